The van der Waals surface area contributed by atoms with Crippen LogP contribution in [-0.2, 0) is 16.1 Å². The lowest BCUT2D eigenvalue weighted by atomic mass is 9.85. The molecule has 42 heavy (non-hydrogen) atoms. The third kappa shape index (κ3) is 5.28. The van der Waals surface area contributed by atoms with Crippen molar-refractivity contribution in [2.75, 3.05) is 11.9 Å². The number of ether oxygens (including phenoxy) is 1. The summed E-state index contributed by atoms with van der Waals surface area (Å²) in [6.07, 6.45) is 8.36. The van der Waals surface area contributed by atoms with Crippen LogP contribution >= 0.6 is 0 Å². The highest BCUT2D eigenvalue weighted by atomic mass is 16.5. The highest BCUT2D eigenvalue weighted by molar-refractivity contribution is 5.99. The van der Waals surface area contributed by atoms with Crippen LogP contribution in [0.1, 0.15) is 87.2 Å². The SMILES string of the molecule is CC(C)COC(=O)C1CCC(N2Cc3cc(Nc4nn([C@H]5CCCC[C@@H]5C#N)c5cc[nH]c(=O)c45)ccc3C2=O)CC1. The standard InChI is InChI=1S/C32H38N6O4/c1-19(2)18-42-32(41)20-7-10-24(11-8-20)37-17-22-15-23(9-12-25(22)31(37)40)35-29-28-27(13-14-34-30(28)39)38(36-29)26-6-4-3-5-21(26)16-33/h9,12-15,19-21,24,26H,3-8,10-11,17-18H2,1-2H3,(H,34,39)(H,35,36)/t20?,21-,24?,26+/m1/s1. The van der Waals surface area contributed by atoms with Crippen molar-refractivity contribution < 1.29 is 14.3 Å². The van der Waals surface area contributed by atoms with E-state index in [1.807, 2.05) is 47.7 Å². The molecule has 0 unspecified atom stereocenters. The van der Waals surface area contributed by atoms with Crippen molar-refractivity contribution in [3.8, 4) is 6.07 Å². The molecular weight excluding hydrogens is 532 g/mol. The summed E-state index contributed by atoms with van der Waals surface area (Å²) in [5.41, 5.74) is 2.83. The maximum atomic E-state index is 13.3. The van der Waals surface area contributed by atoms with Crippen molar-refractivity contribution in [3.05, 3.63) is 51.9 Å². The van der Waals surface area contributed by atoms with Crippen LogP contribution < -0.4 is 10.9 Å². The highest BCUT2D eigenvalue weighted by Gasteiger charge is 2.37. The first-order valence-electron chi connectivity index (χ1n) is 15.2. The molecule has 0 bridgehead atoms. The maximum Gasteiger partial charge on any atom is 0.308 e. The molecule has 0 saturated heterocycles. The number of rotatable bonds is 7. The first-order valence-corrected chi connectivity index (χ1v) is 15.2. The van der Waals surface area contributed by atoms with Gasteiger partial charge in [0.05, 0.1) is 36.1 Å². The molecule has 10 nitrogen and oxygen atoms in total. The Bertz CT molecular complexity index is 1590. The van der Waals surface area contributed by atoms with E-state index in [9.17, 15) is 19.6 Å². The third-order valence-electron chi connectivity index (χ3n) is 9.07. The molecule has 0 radical (unpaired) electrons. The van der Waals surface area contributed by atoms with Gasteiger partial charge in [0.2, 0.25) is 0 Å². The molecule has 220 valence electrons. The largest absolute Gasteiger partial charge is 0.465 e. The van der Waals surface area contributed by atoms with E-state index in [0.29, 0.717) is 41.4 Å². The number of anilines is 2. The number of carbonyl (C=O) groups is 2. The second-order valence-corrected chi connectivity index (χ2v) is 12.4. The molecule has 3 heterocycles. The number of nitrogens with zero attached hydrogens (tertiary/aromatic N) is 4. The first-order chi connectivity index (χ1) is 20.3. The van der Waals surface area contributed by atoms with Gasteiger partial charge >= 0.3 is 5.97 Å². The second kappa shape index (κ2) is 11.6. The Balaban J connectivity index is 1.18. The normalized spacial score (nSPS) is 24.0. The molecule has 2 N–H and O–H groups in total. The smallest absolute Gasteiger partial charge is 0.308 e. The average molecular weight is 571 g/mol. The summed E-state index contributed by atoms with van der Waals surface area (Å²) in [7, 11) is 0. The number of amides is 1. The van der Waals surface area contributed by atoms with Crippen molar-refractivity contribution in [3.63, 3.8) is 0 Å². The van der Waals surface area contributed by atoms with E-state index in [0.717, 1.165) is 62.6 Å². The monoisotopic (exact) mass is 570 g/mol. The number of H-pyrrole nitrogens is 1. The number of nitrogens with one attached hydrogen (secondary N) is 2. The molecule has 6 rings (SSSR count). The van der Waals surface area contributed by atoms with E-state index < -0.39 is 0 Å². The number of carbonyl (C=O) groups excluding carboxylic acids is 2. The van der Waals surface area contributed by atoms with Gasteiger partial charge in [-0.25, -0.2) is 0 Å². The fraction of sp³-hybridized carbons (Fsp3) is 0.531. The number of pyridine rings is 1. The number of esters is 1. The van der Waals surface area contributed by atoms with E-state index in [4.69, 9.17) is 9.84 Å². The summed E-state index contributed by atoms with van der Waals surface area (Å²) in [6, 6.07) is 9.95. The number of hydrogen-bond acceptors (Lipinski definition) is 7. The molecule has 3 aliphatic rings. The minimum atomic E-state index is -0.239. The zero-order valence-corrected chi connectivity index (χ0v) is 24.3. The van der Waals surface area contributed by atoms with Gasteiger partial charge in [-0.2, -0.15) is 10.4 Å². The predicted octanol–water partition coefficient (Wildman–Crippen LogP) is 5.44. The Labute approximate surface area is 245 Å². The van der Waals surface area contributed by atoms with Gasteiger partial charge in [0.1, 0.15) is 5.39 Å². The molecule has 1 aliphatic heterocycles. The van der Waals surface area contributed by atoms with E-state index in [2.05, 4.69) is 16.4 Å². The van der Waals surface area contributed by atoms with Gasteiger partial charge in [-0.15, -0.1) is 0 Å². The Morgan fingerprint density at radius 3 is 2.69 bits per heavy atom. The van der Waals surface area contributed by atoms with Gasteiger partial charge in [0.15, 0.2) is 5.82 Å². The van der Waals surface area contributed by atoms with E-state index in [1.165, 1.54) is 0 Å². The summed E-state index contributed by atoms with van der Waals surface area (Å²) in [5.74, 6) is 0.423. The van der Waals surface area contributed by atoms with Gasteiger partial charge in [0.25, 0.3) is 11.5 Å². The summed E-state index contributed by atoms with van der Waals surface area (Å²) in [5, 5.41) is 18.4. The Morgan fingerprint density at radius 2 is 1.93 bits per heavy atom. The molecule has 0 spiro atoms. The van der Waals surface area contributed by atoms with Crippen LogP contribution in [0.3, 0.4) is 0 Å². The molecule has 2 aliphatic carbocycles. The highest BCUT2D eigenvalue weighted by Crippen LogP contribution is 2.38. The Morgan fingerprint density at radius 1 is 1.14 bits per heavy atom. The van der Waals surface area contributed by atoms with E-state index in [1.54, 1.807) is 6.20 Å². The lowest BCUT2D eigenvalue weighted by Crippen LogP contribution is -2.39. The molecule has 2 saturated carbocycles. The summed E-state index contributed by atoms with van der Waals surface area (Å²) in [6.45, 7) is 5.01. The first kappa shape index (κ1) is 28.0. The number of benzene rings is 1. The number of hydrogen-bond donors (Lipinski definition) is 2. The van der Waals surface area contributed by atoms with Crippen LogP contribution in [-0.4, -0.2) is 44.2 Å². The summed E-state index contributed by atoms with van der Waals surface area (Å²) >= 11 is 0. The topological polar surface area (TPSA) is 133 Å². The molecule has 1 amide bonds. The minimum Gasteiger partial charge on any atom is -0.465 e. The minimum absolute atomic E-state index is 0.0217. The van der Waals surface area contributed by atoms with E-state index in [-0.39, 0.29) is 41.4 Å². The third-order valence-corrected chi connectivity index (χ3v) is 9.07. The number of aromatic amines is 1. The molecule has 2 fully saturated rings. The van der Waals surface area contributed by atoms with Crippen molar-refractivity contribution in [2.24, 2.45) is 17.8 Å². The van der Waals surface area contributed by atoms with Crippen LogP contribution in [0.2, 0.25) is 0 Å². The summed E-state index contributed by atoms with van der Waals surface area (Å²) in [4.78, 5) is 43.4. The van der Waals surface area contributed by atoms with Gasteiger partial charge in [0, 0.05) is 30.0 Å². The van der Waals surface area contributed by atoms with Gasteiger partial charge in [-0.3, -0.25) is 19.1 Å². The fourth-order valence-electron chi connectivity index (χ4n) is 6.84. The van der Waals surface area contributed by atoms with Crippen LogP contribution in [0.5, 0.6) is 0 Å². The van der Waals surface area contributed by atoms with Crippen molar-refractivity contribution >= 4 is 34.3 Å². The van der Waals surface area contributed by atoms with Crippen LogP contribution in [0.4, 0.5) is 11.5 Å². The van der Waals surface area contributed by atoms with Gasteiger partial charge in [-0.1, -0.05) is 26.7 Å². The molecular formula is C32H38N6O4. The predicted molar refractivity (Wildman–Crippen MR) is 158 cm³/mol. The molecule has 2 aromatic heterocycles. The summed E-state index contributed by atoms with van der Waals surface area (Å²) < 4.78 is 7.30. The Hall–Kier alpha value is -4.13. The molecule has 2 atom stereocenters. The fourth-order valence-corrected chi connectivity index (χ4v) is 6.84. The second-order valence-electron chi connectivity index (χ2n) is 12.4. The van der Waals surface area contributed by atoms with Crippen LogP contribution in [0.25, 0.3) is 10.9 Å². The maximum absolute atomic E-state index is 13.3. The average Bonchev–Trinajstić information content (AvgIpc) is 3.53. The number of nitriles is 1. The Kier molecular flexibility index (Phi) is 7.76. The van der Waals surface area contributed by atoms with Crippen LogP contribution in [0, 0.1) is 29.1 Å². The molecule has 3 aromatic rings. The number of fused-ring (bicyclic) bond motifs is 2. The number of aromatic nitrogens is 3. The van der Waals surface area contributed by atoms with Crippen molar-refractivity contribution in [1.29, 1.82) is 5.26 Å². The molecule has 1 aromatic carbocycles. The zero-order valence-electron chi connectivity index (χ0n) is 24.3. The van der Waals surface area contributed by atoms with Crippen LogP contribution in [0.15, 0.2) is 35.3 Å². The lowest BCUT2D eigenvalue weighted by Gasteiger charge is -2.33. The van der Waals surface area contributed by atoms with Crippen molar-refractivity contribution in [2.45, 2.75) is 83.8 Å². The van der Waals surface area contributed by atoms with Crippen molar-refractivity contribution in [1.82, 2.24) is 19.7 Å². The van der Waals surface area contributed by atoms with E-state index >= 15 is 0 Å². The molecule has 10 heteroatoms. The lowest BCUT2D eigenvalue weighted by molar-refractivity contribution is -0.151. The zero-order chi connectivity index (χ0) is 29.4. The van der Waals surface area contributed by atoms with Gasteiger partial charge < -0.3 is 19.9 Å². The quantitative estimate of drug-likeness (QED) is 0.362. The van der Waals surface area contributed by atoms with Gasteiger partial charge in [-0.05, 0) is 74.3 Å².